The van der Waals surface area contributed by atoms with Crippen molar-refractivity contribution >= 4 is 29.1 Å². The minimum atomic E-state index is 0.131. The molecule has 2 N–H and O–H groups in total. The molecule has 0 amide bonds. The summed E-state index contributed by atoms with van der Waals surface area (Å²) in [5.41, 5.74) is 2.90. The average molecular weight is 369 g/mol. The van der Waals surface area contributed by atoms with Gasteiger partial charge in [-0.2, -0.15) is 4.98 Å². The van der Waals surface area contributed by atoms with Crippen LogP contribution in [0.4, 0.5) is 17.5 Å². The van der Waals surface area contributed by atoms with E-state index in [2.05, 4.69) is 39.7 Å². The molecule has 134 valence electrons. The van der Waals surface area contributed by atoms with Gasteiger partial charge in [0.1, 0.15) is 11.6 Å². The third kappa shape index (κ3) is 4.24. The molecule has 1 aromatic heterocycles. The van der Waals surface area contributed by atoms with E-state index in [0.717, 1.165) is 17.1 Å². The molecule has 6 heteroatoms. The molecule has 0 aliphatic heterocycles. The van der Waals surface area contributed by atoms with E-state index in [1.165, 1.54) is 5.56 Å². The smallest absolute Gasteiger partial charge is 0.229 e. The number of aromatic nitrogens is 2. The molecule has 0 saturated heterocycles. The van der Waals surface area contributed by atoms with Crippen molar-refractivity contribution in [1.29, 1.82) is 0 Å². The predicted molar refractivity (Wildman–Crippen MR) is 107 cm³/mol. The van der Waals surface area contributed by atoms with Gasteiger partial charge < -0.3 is 15.4 Å². The Morgan fingerprint density at radius 1 is 1.12 bits per heavy atom. The van der Waals surface area contributed by atoms with Crippen LogP contribution in [0.2, 0.25) is 5.02 Å². The molecular weight excluding hydrogens is 348 g/mol. The Labute approximate surface area is 158 Å². The minimum absolute atomic E-state index is 0.131. The average Bonchev–Trinajstić information content (AvgIpc) is 2.65. The molecule has 1 unspecified atom stereocenters. The number of rotatable bonds is 6. The summed E-state index contributed by atoms with van der Waals surface area (Å²) in [4.78, 5) is 8.83. The van der Waals surface area contributed by atoms with Crippen LogP contribution in [0, 0.1) is 6.92 Å². The number of nitrogens with one attached hydrogen (secondary N) is 2. The van der Waals surface area contributed by atoms with E-state index in [0.29, 0.717) is 16.7 Å². The topological polar surface area (TPSA) is 59.1 Å². The highest BCUT2D eigenvalue weighted by Crippen LogP contribution is 2.32. The molecule has 5 nitrogen and oxygen atoms in total. The van der Waals surface area contributed by atoms with Crippen LogP contribution < -0.4 is 15.4 Å². The maximum Gasteiger partial charge on any atom is 0.229 e. The number of methoxy groups -OCH3 is 1. The standard InChI is InChI=1S/C20H21ClN4O/c1-13-11-17(18(26-3)12-16(13)21)24-20-22-10-9-19(25-20)23-14(2)15-7-5-4-6-8-15/h4-12,14H,1-3H3,(H2,22,23,24,25). The second-order valence-electron chi connectivity index (χ2n) is 5.97. The van der Waals surface area contributed by atoms with Gasteiger partial charge >= 0.3 is 0 Å². The number of hydrogen-bond donors (Lipinski definition) is 2. The van der Waals surface area contributed by atoms with Gasteiger partial charge in [0.15, 0.2) is 0 Å². The molecule has 0 radical (unpaired) electrons. The summed E-state index contributed by atoms with van der Waals surface area (Å²) >= 11 is 6.16. The maximum atomic E-state index is 6.16. The zero-order valence-corrected chi connectivity index (χ0v) is 15.7. The molecule has 3 aromatic rings. The number of benzene rings is 2. The van der Waals surface area contributed by atoms with Crippen LogP contribution in [0.25, 0.3) is 0 Å². The Morgan fingerprint density at radius 3 is 2.62 bits per heavy atom. The van der Waals surface area contributed by atoms with Gasteiger partial charge in [-0.15, -0.1) is 0 Å². The highest BCUT2D eigenvalue weighted by Gasteiger charge is 2.10. The van der Waals surface area contributed by atoms with Crippen molar-refractivity contribution in [3.63, 3.8) is 0 Å². The van der Waals surface area contributed by atoms with E-state index in [9.17, 15) is 0 Å². The molecule has 1 heterocycles. The van der Waals surface area contributed by atoms with Crippen LogP contribution >= 0.6 is 11.6 Å². The quantitative estimate of drug-likeness (QED) is 0.613. The first kappa shape index (κ1) is 18.0. The van der Waals surface area contributed by atoms with E-state index >= 15 is 0 Å². The number of halogens is 1. The summed E-state index contributed by atoms with van der Waals surface area (Å²) in [6.07, 6.45) is 1.71. The van der Waals surface area contributed by atoms with Gasteiger partial charge in [-0.25, -0.2) is 4.98 Å². The van der Waals surface area contributed by atoms with Crippen molar-refractivity contribution in [3.8, 4) is 5.75 Å². The zero-order chi connectivity index (χ0) is 18.5. The van der Waals surface area contributed by atoms with Crippen molar-refractivity contribution in [2.75, 3.05) is 17.7 Å². The second kappa shape index (κ2) is 8.06. The van der Waals surface area contributed by atoms with Crippen molar-refractivity contribution in [2.45, 2.75) is 19.9 Å². The number of hydrogen-bond acceptors (Lipinski definition) is 5. The first-order chi connectivity index (χ1) is 12.6. The molecule has 2 aromatic carbocycles. The molecule has 3 rings (SSSR count). The minimum Gasteiger partial charge on any atom is -0.495 e. The molecule has 0 spiro atoms. The Bertz CT molecular complexity index is 886. The highest BCUT2D eigenvalue weighted by molar-refractivity contribution is 6.31. The normalized spacial score (nSPS) is 11.7. The Hall–Kier alpha value is -2.79. The highest BCUT2D eigenvalue weighted by atomic mass is 35.5. The molecular formula is C20H21ClN4O. The SMILES string of the molecule is COc1cc(Cl)c(C)cc1Nc1nccc(NC(C)c2ccccc2)n1. The molecule has 0 saturated carbocycles. The van der Waals surface area contributed by atoms with Crippen molar-refractivity contribution in [1.82, 2.24) is 9.97 Å². The third-order valence-electron chi connectivity index (χ3n) is 4.05. The fraction of sp³-hybridized carbons (Fsp3) is 0.200. The second-order valence-corrected chi connectivity index (χ2v) is 6.38. The summed E-state index contributed by atoms with van der Waals surface area (Å²) in [6.45, 7) is 4.03. The lowest BCUT2D eigenvalue weighted by Gasteiger charge is -2.16. The number of anilines is 3. The number of ether oxygens (including phenoxy) is 1. The van der Waals surface area contributed by atoms with Gasteiger partial charge in [-0.05, 0) is 37.1 Å². The van der Waals surface area contributed by atoms with Crippen LogP contribution in [-0.2, 0) is 0 Å². The lowest BCUT2D eigenvalue weighted by molar-refractivity contribution is 0.416. The van der Waals surface area contributed by atoms with E-state index in [1.807, 2.05) is 37.3 Å². The third-order valence-corrected chi connectivity index (χ3v) is 4.45. The molecule has 0 aliphatic carbocycles. The largest absolute Gasteiger partial charge is 0.495 e. The summed E-state index contributed by atoms with van der Waals surface area (Å²) in [6, 6.07) is 15.9. The van der Waals surface area contributed by atoms with Crippen LogP contribution in [0.1, 0.15) is 24.1 Å². The van der Waals surface area contributed by atoms with Gasteiger partial charge in [0.25, 0.3) is 0 Å². The fourth-order valence-electron chi connectivity index (χ4n) is 2.60. The van der Waals surface area contributed by atoms with Gasteiger partial charge in [0.2, 0.25) is 5.95 Å². The summed E-state index contributed by atoms with van der Waals surface area (Å²) in [5.74, 6) is 1.86. The van der Waals surface area contributed by atoms with Crippen molar-refractivity contribution in [3.05, 3.63) is 70.9 Å². The summed E-state index contributed by atoms with van der Waals surface area (Å²) in [5, 5.41) is 7.24. The first-order valence-corrected chi connectivity index (χ1v) is 8.70. The lowest BCUT2D eigenvalue weighted by Crippen LogP contribution is -2.09. The van der Waals surface area contributed by atoms with E-state index < -0.39 is 0 Å². The lowest BCUT2D eigenvalue weighted by atomic mass is 10.1. The van der Waals surface area contributed by atoms with Crippen LogP contribution in [0.15, 0.2) is 54.7 Å². The van der Waals surface area contributed by atoms with E-state index in [1.54, 1.807) is 19.4 Å². The van der Waals surface area contributed by atoms with E-state index in [4.69, 9.17) is 16.3 Å². The summed E-state index contributed by atoms with van der Waals surface area (Å²) in [7, 11) is 1.60. The molecule has 0 bridgehead atoms. The predicted octanol–water partition coefficient (Wildman–Crippen LogP) is 5.36. The van der Waals surface area contributed by atoms with Gasteiger partial charge in [-0.3, -0.25) is 0 Å². The number of aryl methyl sites for hydroxylation is 1. The molecule has 0 aliphatic rings. The monoisotopic (exact) mass is 368 g/mol. The molecule has 0 fully saturated rings. The van der Waals surface area contributed by atoms with Gasteiger partial charge in [0.05, 0.1) is 12.8 Å². The first-order valence-electron chi connectivity index (χ1n) is 8.32. The van der Waals surface area contributed by atoms with Crippen molar-refractivity contribution in [2.24, 2.45) is 0 Å². The molecule has 26 heavy (non-hydrogen) atoms. The zero-order valence-electron chi connectivity index (χ0n) is 15.0. The molecule has 1 atom stereocenters. The van der Waals surface area contributed by atoms with E-state index in [-0.39, 0.29) is 6.04 Å². The van der Waals surface area contributed by atoms with Crippen LogP contribution in [0.5, 0.6) is 5.75 Å². The van der Waals surface area contributed by atoms with Crippen LogP contribution in [-0.4, -0.2) is 17.1 Å². The fourth-order valence-corrected chi connectivity index (χ4v) is 2.75. The maximum absolute atomic E-state index is 6.16. The number of nitrogens with zero attached hydrogens (tertiary/aromatic N) is 2. The van der Waals surface area contributed by atoms with Gasteiger partial charge in [0, 0.05) is 23.3 Å². The Balaban J connectivity index is 1.79. The van der Waals surface area contributed by atoms with Crippen LogP contribution in [0.3, 0.4) is 0 Å². The van der Waals surface area contributed by atoms with Crippen molar-refractivity contribution < 1.29 is 4.74 Å². The Kier molecular flexibility index (Phi) is 5.58. The van der Waals surface area contributed by atoms with Gasteiger partial charge in [-0.1, -0.05) is 41.9 Å². The Morgan fingerprint density at radius 2 is 1.88 bits per heavy atom. The summed E-state index contributed by atoms with van der Waals surface area (Å²) < 4.78 is 5.39.